The van der Waals surface area contributed by atoms with E-state index in [4.69, 9.17) is 10.8 Å². The molecule has 3 nitrogen and oxygen atoms in total. The number of carboxylic acid groups (broad SMARTS) is 1. The SMILES string of the molecule is NCC#Cc1cc(F)c(C(=O)O)c(F)c1. The summed E-state index contributed by atoms with van der Waals surface area (Å²) in [5.74, 6) is 0.861. The van der Waals surface area contributed by atoms with Gasteiger partial charge in [0.05, 0.1) is 6.54 Å². The van der Waals surface area contributed by atoms with Gasteiger partial charge in [-0.2, -0.15) is 0 Å². The van der Waals surface area contributed by atoms with Gasteiger partial charge in [0.25, 0.3) is 0 Å². The highest BCUT2D eigenvalue weighted by Gasteiger charge is 2.16. The molecule has 0 fully saturated rings. The summed E-state index contributed by atoms with van der Waals surface area (Å²) in [6.45, 7) is 0.0594. The second-order valence-corrected chi connectivity index (χ2v) is 2.63. The van der Waals surface area contributed by atoms with Crippen molar-refractivity contribution in [3.63, 3.8) is 0 Å². The third-order valence-corrected chi connectivity index (χ3v) is 1.59. The Balaban J connectivity index is 3.25. The van der Waals surface area contributed by atoms with E-state index in [1.54, 1.807) is 0 Å². The molecule has 1 aromatic carbocycles. The number of nitrogens with two attached hydrogens (primary N) is 1. The number of benzene rings is 1. The Morgan fingerprint density at radius 2 is 1.93 bits per heavy atom. The molecule has 0 radical (unpaired) electrons. The van der Waals surface area contributed by atoms with Crippen molar-refractivity contribution in [1.82, 2.24) is 0 Å². The van der Waals surface area contributed by atoms with Crippen molar-refractivity contribution in [3.05, 3.63) is 34.9 Å². The third kappa shape index (κ3) is 2.51. The Hall–Kier alpha value is -1.93. The Bertz CT molecular complexity index is 437. The van der Waals surface area contributed by atoms with Gasteiger partial charge < -0.3 is 10.8 Å². The number of carbonyl (C=O) groups is 1. The summed E-state index contributed by atoms with van der Waals surface area (Å²) in [7, 11) is 0. The van der Waals surface area contributed by atoms with Crippen molar-refractivity contribution in [2.24, 2.45) is 5.73 Å². The van der Waals surface area contributed by atoms with E-state index in [1.165, 1.54) is 0 Å². The smallest absolute Gasteiger partial charge is 0.341 e. The topological polar surface area (TPSA) is 63.3 Å². The van der Waals surface area contributed by atoms with Crippen LogP contribution in [-0.2, 0) is 0 Å². The molecule has 0 unspecified atom stereocenters. The zero-order valence-corrected chi connectivity index (χ0v) is 7.55. The molecule has 0 bridgehead atoms. The van der Waals surface area contributed by atoms with Crippen molar-refractivity contribution in [1.29, 1.82) is 0 Å². The van der Waals surface area contributed by atoms with Gasteiger partial charge >= 0.3 is 5.97 Å². The predicted octanol–water partition coefficient (Wildman–Crippen LogP) is 0.973. The molecule has 0 aliphatic carbocycles. The highest BCUT2D eigenvalue weighted by atomic mass is 19.1. The van der Waals surface area contributed by atoms with E-state index in [0.29, 0.717) is 0 Å². The van der Waals surface area contributed by atoms with Crippen molar-refractivity contribution in [2.45, 2.75) is 0 Å². The molecule has 78 valence electrons. The van der Waals surface area contributed by atoms with Crippen molar-refractivity contribution < 1.29 is 18.7 Å². The van der Waals surface area contributed by atoms with E-state index in [0.717, 1.165) is 12.1 Å². The minimum Gasteiger partial charge on any atom is -0.477 e. The van der Waals surface area contributed by atoms with Crippen LogP contribution in [-0.4, -0.2) is 17.6 Å². The molecular weight excluding hydrogens is 204 g/mol. The van der Waals surface area contributed by atoms with Crippen molar-refractivity contribution >= 4 is 5.97 Å². The van der Waals surface area contributed by atoms with Crippen LogP contribution in [0.15, 0.2) is 12.1 Å². The first-order chi connectivity index (χ1) is 7.06. The fourth-order valence-corrected chi connectivity index (χ4v) is 1.00. The molecule has 0 aliphatic rings. The second-order valence-electron chi connectivity index (χ2n) is 2.63. The maximum Gasteiger partial charge on any atom is 0.341 e. The normalized spacial score (nSPS) is 9.27. The van der Waals surface area contributed by atoms with Gasteiger partial charge in [-0.05, 0) is 12.1 Å². The van der Waals surface area contributed by atoms with E-state index >= 15 is 0 Å². The van der Waals surface area contributed by atoms with Gasteiger partial charge in [-0.15, -0.1) is 0 Å². The standard InChI is InChI=1S/C10H7F2NO2/c11-7-4-6(2-1-3-13)5-8(12)9(7)10(14)15/h4-5H,3,13H2,(H,14,15). The number of aromatic carboxylic acids is 1. The van der Waals surface area contributed by atoms with Crippen LogP contribution >= 0.6 is 0 Å². The van der Waals surface area contributed by atoms with Crippen molar-refractivity contribution in [2.75, 3.05) is 6.54 Å². The fraction of sp³-hybridized carbons (Fsp3) is 0.100. The van der Waals surface area contributed by atoms with Gasteiger partial charge in [0.1, 0.15) is 17.2 Å². The first-order valence-electron chi connectivity index (χ1n) is 3.97. The lowest BCUT2D eigenvalue weighted by Crippen LogP contribution is -2.05. The Kier molecular flexibility index (Phi) is 3.37. The van der Waals surface area contributed by atoms with E-state index in [2.05, 4.69) is 11.8 Å². The third-order valence-electron chi connectivity index (χ3n) is 1.59. The molecule has 0 aromatic heterocycles. The molecule has 0 saturated carbocycles. The molecule has 3 N–H and O–H groups in total. The lowest BCUT2D eigenvalue weighted by Gasteiger charge is -2.00. The van der Waals surface area contributed by atoms with Gasteiger partial charge in [0.2, 0.25) is 0 Å². The largest absolute Gasteiger partial charge is 0.477 e. The lowest BCUT2D eigenvalue weighted by atomic mass is 10.1. The molecule has 0 atom stereocenters. The molecule has 0 saturated heterocycles. The summed E-state index contributed by atoms with van der Waals surface area (Å²) in [4.78, 5) is 10.4. The molecule has 0 amide bonds. The quantitative estimate of drug-likeness (QED) is 0.680. The maximum atomic E-state index is 13.1. The number of halogens is 2. The molecule has 1 aromatic rings. The van der Waals surface area contributed by atoms with Gasteiger partial charge in [-0.25, -0.2) is 13.6 Å². The van der Waals surface area contributed by atoms with Gasteiger partial charge in [0, 0.05) is 5.56 Å². The minimum atomic E-state index is -1.65. The number of hydrogen-bond acceptors (Lipinski definition) is 2. The molecule has 15 heavy (non-hydrogen) atoms. The zero-order chi connectivity index (χ0) is 11.4. The van der Waals surface area contributed by atoms with Crippen LogP contribution in [0.25, 0.3) is 0 Å². The van der Waals surface area contributed by atoms with E-state index in [1.807, 2.05) is 0 Å². The van der Waals surface area contributed by atoms with Crippen LogP contribution in [0.5, 0.6) is 0 Å². The van der Waals surface area contributed by atoms with Crippen molar-refractivity contribution in [3.8, 4) is 11.8 Å². The number of rotatable bonds is 1. The Morgan fingerprint density at radius 1 is 1.40 bits per heavy atom. The van der Waals surface area contributed by atoms with Gasteiger partial charge in [-0.1, -0.05) is 11.8 Å². The number of hydrogen-bond donors (Lipinski definition) is 2. The molecule has 0 aliphatic heterocycles. The molecule has 1 rings (SSSR count). The highest BCUT2D eigenvalue weighted by molar-refractivity contribution is 5.88. The maximum absolute atomic E-state index is 13.1. The lowest BCUT2D eigenvalue weighted by molar-refractivity contribution is 0.0686. The zero-order valence-electron chi connectivity index (χ0n) is 7.55. The summed E-state index contributed by atoms with van der Waals surface area (Å²) in [6.07, 6.45) is 0. The van der Waals surface area contributed by atoms with E-state index < -0.39 is 23.2 Å². The van der Waals surface area contributed by atoms with Gasteiger partial charge in [0.15, 0.2) is 0 Å². The molecule has 0 spiro atoms. The molecule has 5 heteroatoms. The monoisotopic (exact) mass is 211 g/mol. The average Bonchev–Trinajstić information content (AvgIpc) is 2.12. The summed E-state index contributed by atoms with van der Waals surface area (Å²) < 4.78 is 26.1. The first kappa shape index (κ1) is 11.1. The minimum absolute atomic E-state index is 0.0560. The average molecular weight is 211 g/mol. The number of carboxylic acids is 1. The van der Waals surface area contributed by atoms with Gasteiger partial charge in [-0.3, -0.25) is 0 Å². The molecular formula is C10H7F2NO2. The Labute approximate surface area is 84.5 Å². The van der Waals surface area contributed by atoms with Crippen LogP contribution in [0.2, 0.25) is 0 Å². The summed E-state index contributed by atoms with van der Waals surface area (Å²) in [6, 6.07) is 1.71. The Morgan fingerprint density at radius 3 is 2.33 bits per heavy atom. The summed E-state index contributed by atoms with van der Waals surface area (Å²) in [5, 5.41) is 8.48. The first-order valence-corrected chi connectivity index (χ1v) is 3.97. The van der Waals surface area contributed by atoms with E-state index in [9.17, 15) is 13.6 Å². The van der Waals surface area contributed by atoms with Crippen LogP contribution in [0.3, 0.4) is 0 Å². The van der Waals surface area contributed by atoms with Crippen LogP contribution in [0, 0.1) is 23.5 Å². The van der Waals surface area contributed by atoms with Crippen LogP contribution in [0.4, 0.5) is 8.78 Å². The second kappa shape index (κ2) is 4.53. The fourth-order valence-electron chi connectivity index (χ4n) is 1.00. The van der Waals surface area contributed by atoms with E-state index in [-0.39, 0.29) is 12.1 Å². The van der Waals surface area contributed by atoms with Crippen LogP contribution < -0.4 is 5.73 Å². The molecule has 0 heterocycles. The summed E-state index contributed by atoms with van der Waals surface area (Å²) in [5.41, 5.74) is 4.15. The highest BCUT2D eigenvalue weighted by Crippen LogP contribution is 2.14. The summed E-state index contributed by atoms with van der Waals surface area (Å²) >= 11 is 0. The van der Waals surface area contributed by atoms with Crippen LogP contribution in [0.1, 0.15) is 15.9 Å². The predicted molar refractivity (Wildman–Crippen MR) is 49.2 cm³/mol.